The molecule has 0 aromatic rings. The van der Waals surface area contributed by atoms with Gasteiger partial charge in [-0.15, -0.1) is 0 Å². The van der Waals surface area contributed by atoms with E-state index in [2.05, 4.69) is 5.32 Å². The van der Waals surface area contributed by atoms with Gasteiger partial charge in [-0.25, -0.2) is 0 Å². The summed E-state index contributed by atoms with van der Waals surface area (Å²) in [6.45, 7) is 1.53. The SMILES string of the molecule is COCCCNC1CCC(C(F)(F)F)CC1. The zero-order chi connectivity index (χ0) is 12.0. The molecule has 96 valence electrons. The van der Waals surface area contributed by atoms with Gasteiger partial charge in [-0.2, -0.15) is 13.2 Å². The molecule has 2 nitrogen and oxygen atoms in total. The van der Waals surface area contributed by atoms with Gasteiger partial charge in [-0.3, -0.25) is 0 Å². The highest BCUT2D eigenvalue weighted by Crippen LogP contribution is 2.37. The van der Waals surface area contributed by atoms with Crippen molar-refractivity contribution in [1.82, 2.24) is 5.32 Å². The zero-order valence-corrected chi connectivity index (χ0v) is 9.65. The van der Waals surface area contributed by atoms with E-state index in [1.54, 1.807) is 7.11 Å². The van der Waals surface area contributed by atoms with Crippen LogP contribution in [0, 0.1) is 5.92 Å². The maximum absolute atomic E-state index is 12.4. The van der Waals surface area contributed by atoms with E-state index in [1.165, 1.54) is 0 Å². The summed E-state index contributed by atoms with van der Waals surface area (Å²) in [7, 11) is 1.65. The summed E-state index contributed by atoms with van der Waals surface area (Å²) in [5.41, 5.74) is 0. The van der Waals surface area contributed by atoms with Crippen LogP contribution in [0.1, 0.15) is 32.1 Å². The van der Waals surface area contributed by atoms with Crippen molar-refractivity contribution in [3.63, 3.8) is 0 Å². The fourth-order valence-corrected chi connectivity index (χ4v) is 2.15. The summed E-state index contributed by atoms with van der Waals surface area (Å²) >= 11 is 0. The third-order valence-corrected chi connectivity index (χ3v) is 3.15. The number of alkyl halides is 3. The third kappa shape index (κ3) is 4.70. The van der Waals surface area contributed by atoms with Crippen molar-refractivity contribution in [1.29, 1.82) is 0 Å². The average Bonchev–Trinajstić information content (AvgIpc) is 2.24. The topological polar surface area (TPSA) is 21.3 Å². The molecule has 0 saturated heterocycles. The quantitative estimate of drug-likeness (QED) is 0.745. The Hall–Kier alpha value is -0.290. The molecule has 1 aliphatic carbocycles. The lowest BCUT2D eigenvalue weighted by molar-refractivity contribution is -0.182. The Morgan fingerprint density at radius 3 is 2.31 bits per heavy atom. The van der Waals surface area contributed by atoms with E-state index < -0.39 is 12.1 Å². The molecule has 0 amide bonds. The maximum Gasteiger partial charge on any atom is 0.391 e. The van der Waals surface area contributed by atoms with Gasteiger partial charge in [0.2, 0.25) is 0 Å². The third-order valence-electron chi connectivity index (χ3n) is 3.15. The van der Waals surface area contributed by atoms with Crippen molar-refractivity contribution in [3.05, 3.63) is 0 Å². The molecule has 0 atom stereocenters. The Bertz CT molecular complexity index is 188. The Balaban J connectivity index is 2.12. The van der Waals surface area contributed by atoms with Crippen molar-refractivity contribution in [2.45, 2.75) is 44.3 Å². The molecule has 1 saturated carbocycles. The summed E-state index contributed by atoms with van der Waals surface area (Å²) < 4.78 is 42.1. The molecule has 0 aliphatic heterocycles. The monoisotopic (exact) mass is 239 g/mol. The number of halogens is 3. The number of hydrogen-bond acceptors (Lipinski definition) is 2. The maximum atomic E-state index is 12.4. The molecular weight excluding hydrogens is 219 g/mol. The molecule has 0 radical (unpaired) electrons. The van der Waals surface area contributed by atoms with Gasteiger partial charge in [0.05, 0.1) is 5.92 Å². The van der Waals surface area contributed by atoms with Crippen LogP contribution in [0.15, 0.2) is 0 Å². The summed E-state index contributed by atoms with van der Waals surface area (Å²) in [4.78, 5) is 0. The minimum Gasteiger partial charge on any atom is -0.385 e. The van der Waals surface area contributed by atoms with E-state index in [9.17, 15) is 13.2 Å². The van der Waals surface area contributed by atoms with Crippen molar-refractivity contribution in [2.24, 2.45) is 5.92 Å². The van der Waals surface area contributed by atoms with Crippen LogP contribution in [-0.2, 0) is 4.74 Å². The van der Waals surface area contributed by atoms with Crippen molar-refractivity contribution >= 4 is 0 Å². The van der Waals surface area contributed by atoms with Crippen molar-refractivity contribution in [2.75, 3.05) is 20.3 Å². The van der Waals surface area contributed by atoms with E-state index in [4.69, 9.17) is 4.74 Å². The van der Waals surface area contributed by atoms with Crippen LogP contribution >= 0.6 is 0 Å². The van der Waals surface area contributed by atoms with E-state index in [1.807, 2.05) is 0 Å². The fraction of sp³-hybridized carbons (Fsp3) is 1.00. The summed E-state index contributed by atoms with van der Waals surface area (Å²) in [5, 5.41) is 3.28. The molecule has 0 aromatic carbocycles. The Morgan fingerprint density at radius 2 is 1.81 bits per heavy atom. The van der Waals surface area contributed by atoms with Crippen LogP contribution in [-0.4, -0.2) is 32.5 Å². The Morgan fingerprint density at radius 1 is 1.19 bits per heavy atom. The first kappa shape index (κ1) is 13.8. The van der Waals surface area contributed by atoms with Gasteiger partial charge in [0.25, 0.3) is 0 Å². The highest BCUT2D eigenvalue weighted by Gasteiger charge is 2.41. The number of rotatable bonds is 5. The van der Waals surface area contributed by atoms with E-state index in [0.29, 0.717) is 19.4 Å². The van der Waals surface area contributed by atoms with Gasteiger partial charge in [-0.05, 0) is 38.6 Å². The first-order valence-electron chi connectivity index (χ1n) is 5.83. The van der Waals surface area contributed by atoms with E-state index >= 15 is 0 Å². The zero-order valence-electron chi connectivity index (χ0n) is 9.65. The molecule has 0 aromatic heterocycles. The van der Waals surface area contributed by atoms with Gasteiger partial charge in [0.1, 0.15) is 0 Å². The van der Waals surface area contributed by atoms with Gasteiger partial charge in [0.15, 0.2) is 0 Å². The second-order valence-corrected chi connectivity index (χ2v) is 4.39. The van der Waals surface area contributed by atoms with E-state index in [-0.39, 0.29) is 18.9 Å². The summed E-state index contributed by atoms with van der Waals surface area (Å²) in [5.74, 6) is -1.08. The second kappa shape index (κ2) is 6.45. The van der Waals surface area contributed by atoms with Crippen LogP contribution in [0.5, 0.6) is 0 Å². The van der Waals surface area contributed by atoms with Crippen molar-refractivity contribution in [3.8, 4) is 0 Å². The molecular formula is C11H20F3NO. The highest BCUT2D eigenvalue weighted by molar-refractivity contribution is 4.80. The number of nitrogens with one attached hydrogen (secondary N) is 1. The summed E-state index contributed by atoms with van der Waals surface area (Å²) in [6.07, 6.45) is -1.28. The Kier molecular flexibility index (Phi) is 5.55. The first-order chi connectivity index (χ1) is 7.54. The van der Waals surface area contributed by atoms with Gasteiger partial charge in [-0.1, -0.05) is 0 Å². The Labute approximate surface area is 94.5 Å². The molecule has 1 fully saturated rings. The van der Waals surface area contributed by atoms with Crippen LogP contribution in [0.3, 0.4) is 0 Å². The molecule has 1 rings (SSSR count). The summed E-state index contributed by atoms with van der Waals surface area (Å²) in [6, 6.07) is 0.260. The molecule has 0 unspecified atom stereocenters. The number of methoxy groups -OCH3 is 1. The molecule has 0 bridgehead atoms. The molecule has 0 heterocycles. The second-order valence-electron chi connectivity index (χ2n) is 4.39. The lowest BCUT2D eigenvalue weighted by Crippen LogP contribution is -2.37. The van der Waals surface area contributed by atoms with Gasteiger partial charge < -0.3 is 10.1 Å². The number of hydrogen-bond donors (Lipinski definition) is 1. The molecule has 0 spiro atoms. The average molecular weight is 239 g/mol. The fourth-order valence-electron chi connectivity index (χ4n) is 2.15. The molecule has 16 heavy (non-hydrogen) atoms. The highest BCUT2D eigenvalue weighted by atomic mass is 19.4. The largest absolute Gasteiger partial charge is 0.391 e. The minimum atomic E-state index is -4.00. The lowest BCUT2D eigenvalue weighted by Gasteiger charge is -2.30. The van der Waals surface area contributed by atoms with Gasteiger partial charge in [0, 0.05) is 19.8 Å². The first-order valence-corrected chi connectivity index (χ1v) is 5.83. The molecule has 5 heteroatoms. The predicted molar refractivity (Wildman–Crippen MR) is 56.3 cm³/mol. The van der Waals surface area contributed by atoms with Crippen LogP contribution < -0.4 is 5.32 Å². The number of ether oxygens (including phenoxy) is 1. The standard InChI is InChI=1S/C11H20F3NO/c1-16-8-2-7-15-10-5-3-9(4-6-10)11(12,13)14/h9-10,15H,2-8H2,1H3. The molecule has 1 aliphatic rings. The van der Waals surface area contributed by atoms with Crippen LogP contribution in [0.25, 0.3) is 0 Å². The lowest BCUT2D eigenvalue weighted by atomic mass is 9.85. The van der Waals surface area contributed by atoms with Crippen LogP contribution in [0.2, 0.25) is 0 Å². The molecule has 1 N–H and O–H groups in total. The van der Waals surface area contributed by atoms with Crippen LogP contribution in [0.4, 0.5) is 13.2 Å². The normalized spacial score (nSPS) is 27.0. The minimum absolute atomic E-state index is 0.260. The smallest absolute Gasteiger partial charge is 0.385 e. The van der Waals surface area contributed by atoms with Gasteiger partial charge >= 0.3 is 6.18 Å². The predicted octanol–water partition coefficient (Wildman–Crippen LogP) is 2.73. The van der Waals surface area contributed by atoms with E-state index in [0.717, 1.165) is 13.0 Å². The van der Waals surface area contributed by atoms with Crippen molar-refractivity contribution < 1.29 is 17.9 Å².